The lowest BCUT2D eigenvalue weighted by Crippen LogP contribution is -2.06. The number of fused-ring (bicyclic) bond motifs is 3. The number of aromatic amines is 1. The fourth-order valence-electron chi connectivity index (χ4n) is 3.05. The third kappa shape index (κ3) is 2.72. The molecular formula is C18H23NO2S. The Bertz CT molecular complexity index is 814. The third-order valence-electron chi connectivity index (χ3n) is 4.37. The summed E-state index contributed by atoms with van der Waals surface area (Å²) in [6.07, 6.45) is 0. The molecular weight excluding hydrogens is 294 g/mol. The van der Waals surface area contributed by atoms with Gasteiger partial charge in [0.05, 0.1) is 11.5 Å². The molecule has 4 heteroatoms. The highest BCUT2D eigenvalue weighted by molar-refractivity contribution is 7.89. The molecule has 0 radical (unpaired) electrons. The van der Waals surface area contributed by atoms with Crippen molar-refractivity contribution in [3.8, 4) is 11.1 Å². The molecule has 0 bridgehead atoms. The number of benzene rings is 1. The van der Waals surface area contributed by atoms with Crippen molar-refractivity contribution < 1.29 is 8.42 Å². The van der Waals surface area contributed by atoms with Gasteiger partial charge in [-0.1, -0.05) is 45.9 Å². The van der Waals surface area contributed by atoms with Crippen LogP contribution in [0.15, 0.2) is 24.3 Å². The van der Waals surface area contributed by atoms with Gasteiger partial charge in [0, 0.05) is 17.0 Å². The third-order valence-corrected chi connectivity index (χ3v) is 5.85. The van der Waals surface area contributed by atoms with Crippen LogP contribution in [0.5, 0.6) is 0 Å². The van der Waals surface area contributed by atoms with Crippen LogP contribution in [-0.4, -0.2) is 13.4 Å². The van der Waals surface area contributed by atoms with Crippen molar-refractivity contribution >= 4 is 9.84 Å². The van der Waals surface area contributed by atoms with Gasteiger partial charge >= 0.3 is 0 Å². The Labute approximate surface area is 132 Å². The van der Waals surface area contributed by atoms with Gasteiger partial charge in [-0.15, -0.1) is 0 Å². The minimum absolute atomic E-state index is 0.0980. The number of rotatable bonds is 2. The van der Waals surface area contributed by atoms with Crippen LogP contribution in [0.25, 0.3) is 11.1 Å². The molecule has 0 saturated carbocycles. The van der Waals surface area contributed by atoms with E-state index < -0.39 is 9.84 Å². The number of aromatic nitrogens is 1. The maximum Gasteiger partial charge on any atom is 0.160 e. The molecule has 1 aromatic carbocycles. The highest BCUT2D eigenvalue weighted by Gasteiger charge is 2.26. The molecule has 0 aliphatic carbocycles. The van der Waals surface area contributed by atoms with Gasteiger partial charge in [-0.3, -0.25) is 0 Å². The van der Waals surface area contributed by atoms with Crippen LogP contribution in [0.1, 0.15) is 62.0 Å². The predicted molar refractivity (Wildman–Crippen MR) is 90.7 cm³/mol. The Hall–Kier alpha value is -1.55. The van der Waals surface area contributed by atoms with Crippen molar-refractivity contribution in [1.82, 2.24) is 4.98 Å². The predicted octanol–water partition coefficient (Wildman–Crippen LogP) is 4.36. The summed E-state index contributed by atoms with van der Waals surface area (Å²) in [4.78, 5) is 3.33. The summed E-state index contributed by atoms with van der Waals surface area (Å²) in [6.45, 7) is 8.49. The molecule has 0 fully saturated rings. The Morgan fingerprint density at radius 3 is 2.32 bits per heavy atom. The van der Waals surface area contributed by atoms with E-state index in [2.05, 4.69) is 56.9 Å². The summed E-state index contributed by atoms with van der Waals surface area (Å²) < 4.78 is 24.9. The van der Waals surface area contributed by atoms with E-state index in [0.29, 0.717) is 11.8 Å². The van der Waals surface area contributed by atoms with Crippen LogP contribution in [-0.2, 0) is 21.3 Å². The van der Waals surface area contributed by atoms with Crippen LogP contribution < -0.4 is 0 Å². The molecule has 2 aromatic rings. The lowest BCUT2D eigenvalue weighted by molar-refractivity contribution is 0.594. The number of hydrogen-bond acceptors (Lipinski definition) is 2. The van der Waals surface area contributed by atoms with Crippen LogP contribution in [0, 0.1) is 0 Å². The van der Waals surface area contributed by atoms with Crippen LogP contribution in [0.4, 0.5) is 0 Å². The lowest BCUT2D eigenvalue weighted by atomic mass is 9.94. The average Bonchev–Trinajstić information content (AvgIpc) is 2.76. The van der Waals surface area contributed by atoms with Crippen molar-refractivity contribution in [2.45, 2.75) is 51.0 Å². The van der Waals surface area contributed by atoms with E-state index >= 15 is 0 Å². The van der Waals surface area contributed by atoms with Crippen molar-refractivity contribution in [3.63, 3.8) is 0 Å². The summed E-state index contributed by atoms with van der Waals surface area (Å²) in [7, 11) is -3.13. The second kappa shape index (κ2) is 5.27. The maximum atomic E-state index is 12.4. The molecule has 118 valence electrons. The zero-order valence-corrected chi connectivity index (χ0v) is 14.4. The van der Waals surface area contributed by atoms with E-state index in [0.717, 1.165) is 28.1 Å². The molecule has 0 amide bonds. The summed E-state index contributed by atoms with van der Waals surface area (Å²) in [6, 6.07) is 8.39. The zero-order chi connectivity index (χ0) is 16.1. The molecule has 3 rings (SSSR count). The topological polar surface area (TPSA) is 49.9 Å². The Kier molecular flexibility index (Phi) is 3.68. The molecule has 0 spiro atoms. The van der Waals surface area contributed by atoms with Gasteiger partial charge in [-0.25, -0.2) is 8.42 Å². The maximum absolute atomic E-state index is 12.4. The van der Waals surface area contributed by atoms with Gasteiger partial charge in [-0.05, 0) is 34.6 Å². The highest BCUT2D eigenvalue weighted by Crippen LogP contribution is 2.37. The standard InChI is InChI=1S/C18H23NO2S/c1-11(2)13-5-6-15-14(7-13)9-22(20,21)10-18-16(15)8-17(19-18)12(3)4/h5-8,11-12,19H,9-10H2,1-4H3. The van der Waals surface area contributed by atoms with Crippen LogP contribution in [0.2, 0.25) is 0 Å². The van der Waals surface area contributed by atoms with Gasteiger partial charge in [-0.2, -0.15) is 0 Å². The minimum atomic E-state index is -3.13. The van der Waals surface area contributed by atoms with E-state index in [9.17, 15) is 8.42 Å². The summed E-state index contributed by atoms with van der Waals surface area (Å²) in [5.74, 6) is 0.976. The normalized spacial score (nSPS) is 16.5. The zero-order valence-electron chi connectivity index (χ0n) is 13.6. The first kappa shape index (κ1) is 15.3. The number of H-pyrrole nitrogens is 1. The fraction of sp³-hybridized carbons (Fsp3) is 0.444. The smallest absolute Gasteiger partial charge is 0.160 e. The first-order valence-corrected chi connectivity index (χ1v) is 9.64. The molecule has 1 N–H and O–H groups in total. The highest BCUT2D eigenvalue weighted by atomic mass is 32.2. The molecule has 2 heterocycles. The summed E-state index contributed by atoms with van der Waals surface area (Å²) in [5.41, 5.74) is 6.16. The monoisotopic (exact) mass is 317 g/mol. The van der Waals surface area contributed by atoms with E-state index in [-0.39, 0.29) is 11.5 Å². The van der Waals surface area contributed by atoms with Crippen molar-refractivity contribution in [1.29, 1.82) is 0 Å². The van der Waals surface area contributed by atoms with Gasteiger partial charge in [0.2, 0.25) is 0 Å². The van der Waals surface area contributed by atoms with Gasteiger partial charge in [0.15, 0.2) is 9.84 Å². The van der Waals surface area contributed by atoms with E-state index in [1.807, 2.05) is 0 Å². The molecule has 1 aliphatic heterocycles. The molecule has 1 aromatic heterocycles. The minimum Gasteiger partial charge on any atom is -0.361 e. The Balaban J connectivity index is 2.24. The summed E-state index contributed by atoms with van der Waals surface area (Å²) >= 11 is 0. The van der Waals surface area contributed by atoms with Crippen LogP contribution >= 0.6 is 0 Å². The molecule has 3 nitrogen and oxygen atoms in total. The fourth-order valence-corrected chi connectivity index (χ4v) is 4.53. The van der Waals surface area contributed by atoms with Crippen molar-refractivity contribution in [2.75, 3.05) is 0 Å². The largest absolute Gasteiger partial charge is 0.361 e. The molecule has 0 saturated heterocycles. The number of sulfone groups is 1. The van der Waals surface area contributed by atoms with E-state index in [4.69, 9.17) is 0 Å². The molecule has 22 heavy (non-hydrogen) atoms. The molecule has 0 unspecified atom stereocenters. The van der Waals surface area contributed by atoms with Crippen molar-refractivity contribution in [3.05, 3.63) is 46.8 Å². The SMILES string of the molecule is CC(C)c1ccc2c(c1)CS(=O)(=O)Cc1[nH]c(C(C)C)cc1-2. The second-order valence-electron chi connectivity index (χ2n) is 6.88. The quantitative estimate of drug-likeness (QED) is 0.895. The van der Waals surface area contributed by atoms with Gasteiger partial charge < -0.3 is 4.98 Å². The van der Waals surface area contributed by atoms with E-state index in [1.165, 1.54) is 5.56 Å². The van der Waals surface area contributed by atoms with E-state index in [1.54, 1.807) is 0 Å². The second-order valence-corrected chi connectivity index (χ2v) is 8.94. The Morgan fingerprint density at radius 1 is 0.955 bits per heavy atom. The van der Waals surface area contributed by atoms with Crippen LogP contribution in [0.3, 0.4) is 0 Å². The van der Waals surface area contributed by atoms with Gasteiger partial charge in [0.25, 0.3) is 0 Å². The summed E-state index contributed by atoms with van der Waals surface area (Å²) in [5, 5.41) is 0. The lowest BCUT2D eigenvalue weighted by Gasteiger charge is -2.11. The number of nitrogens with one attached hydrogen (secondary N) is 1. The van der Waals surface area contributed by atoms with Crippen molar-refractivity contribution in [2.24, 2.45) is 0 Å². The Morgan fingerprint density at radius 2 is 1.68 bits per heavy atom. The molecule has 1 aliphatic rings. The molecule has 0 atom stereocenters. The first-order chi connectivity index (χ1) is 10.3. The number of hydrogen-bond donors (Lipinski definition) is 1. The average molecular weight is 317 g/mol. The first-order valence-electron chi connectivity index (χ1n) is 7.82. The van der Waals surface area contributed by atoms with Gasteiger partial charge in [0.1, 0.15) is 0 Å².